The average molecular weight is 312 g/mol. The smallest absolute Gasteiger partial charge is 0.367 e. The zero-order valence-electron chi connectivity index (χ0n) is 10.6. The monoisotopic (exact) mass is 312 g/mol. The highest BCUT2D eigenvalue weighted by Crippen LogP contribution is 2.30. The van der Waals surface area contributed by atoms with Crippen molar-refractivity contribution >= 4 is 11.2 Å². The second kappa shape index (κ2) is 4.76. The lowest BCUT2D eigenvalue weighted by Gasteiger charge is -2.09. The van der Waals surface area contributed by atoms with Crippen LogP contribution in [-0.2, 0) is 6.18 Å². The van der Waals surface area contributed by atoms with E-state index in [-0.39, 0.29) is 16.9 Å². The molecule has 0 atom stereocenters. The molecule has 0 aliphatic rings. The van der Waals surface area contributed by atoms with E-state index in [1.54, 1.807) is 0 Å². The Morgan fingerprint density at radius 2 is 1.82 bits per heavy atom. The van der Waals surface area contributed by atoms with Crippen LogP contribution in [0.2, 0.25) is 0 Å². The van der Waals surface area contributed by atoms with Crippen molar-refractivity contribution in [2.45, 2.75) is 6.18 Å². The molecule has 22 heavy (non-hydrogen) atoms. The van der Waals surface area contributed by atoms with Crippen LogP contribution in [0.3, 0.4) is 0 Å². The number of H-pyrrole nitrogens is 2. The number of rotatable bonds is 2. The van der Waals surface area contributed by atoms with Gasteiger partial charge in [0.05, 0.1) is 11.9 Å². The third-order valence-electron chi connectivity index (χ3n) is 2.83. The van der Waals surface area contributed by atoms with Gasteiger partial charge in [-0.2, -0.15) is 13.2 Å². The van der Waals surface area contributed by atoms with E-state index in [9.17, 15) is 22.8 Å². The van der Waals surface area contributed by atoms with Crippen molar-refractivity contribution in [1.82, 2.24) is 19.7 Å². The minimum atomic E-state index is -4.48. The quantitative estimate of drug-likeness (QED) is 0.745. The molecule has 0 aliphatic heterocycles. The van der Waals surface area contributed by atoms with E-state index >= 15 is 0 Å². The molecule has 0 amide bonds. The number of nitrogens with zero attached hydrogens (tertiary/aromatic N) is 2. The molecule has 3 rings (SSSR count). The summed E-state index contributed by atoms with van der Waals surface area (Å²) in [4.78, 5) is 37.3. The van der Waals surface area contributed by atoms with Crippen molar-refractivity contribution in [1.29, 1.82) is 0 Å². The minimum absolute atomic E-state index is 0.00603. The van der Waals surface area contributed by atoms with Gasteiger partial charge in [0, 0.05) is 0 Å². The fraction of sp³-hybridized carbons (Fsp3) is 0.0833. The topological polar surface area (TPSA) is 92.8 Å². The summed E-state index contributed by atoms with van der Waals surface area (Å²) in [7, 11) is 0. The molecule has 0 unspecified atom stereocenters. The Morgan fingerprint density at radius 1 is 1.14 bits per heavy atom. The summed E-state index contributed by atoms with van der Waals surface area (Å²) < 4.78 is 37.7. The summed E-state index contributed by atoms with van der Waals surface area (Å²) in [6.45, 7) is 0. The predicted octanol–water partition coefficient (Wildman–Crippen LogP) is 1.27. The van der Waals surface area contributed by atoms with E-state index in [0.29, 0.717) is 4.73 Å². The van der Waals surface area contributed by atoms with Gasteiger partial charge in [0.25, 0.3) is 0 Å². The lowest BCUT2D eigenvalue weighted by atomic mass is 10.2. The Labute approximate surface area is 119 Å². The van der Waals surface area contributed by atoms with Gasteiger partial charge in [0.15, 0.2) is 16.9 Å². The fourth-order valence-electron chi connectivity index (χ4n) is 1.79. The number of halogens is 3. The van der Waals surface area contributed by atoms with E-state index in [4.69, 9.17) is 4.84 Å². The number of alkyl halides is 3. The van der Waals surface area contributed by atoms with Gasteiger partial charge in [-0.25, -0.2) is 9.78 Å². The molecule has 1 aromatic carbocycles. The summed E-state index contributed by atoms with van der Waals surface area (Å²) in [5, 5.41) is 0. The average Bonchev–Trinajstić information content (AvgIpc) is 2.91. The lowest BCUT2D eigenvalue weighted by Crippen LogP contribution is -2.38. The Hall–Kier alpha value is -3.04. The maximum atomic E-state index is 12.5. The number of hydrogen-bond donors (Lipinski definition) is 2. The van der Waals surface area contributed by atoms with Gasteiger partial charge in [0.1, 0.15) is 0 Å². The molecule has 2 N–H and O–H groups in total. The van der Waals surface area contributed by atoms with Crippen molar-refractivity contribution in [3.63, 3.8) is 0 Å². The van der Waals surface area contributed by atoms with Crippen LogP contribution >= 0.6 is 0 Å². The first-order chi connectivity index (χ1) is 10.4. The van der Waals surface area contributed by atoms with E-state index < -0.39 is 23.0 Å². The highest BCUT2D eigenvalue weighted by atomic mass is 19.4. The molecule has 0 radical (unpaired) electrons. The Bertz CT molecular complexity index is 937. The number of aromatic amines is 2. The molecule has 0 aliphatic carbocycles. The third kappa shape index (κ3) is 2.34. The highest BCUT2D eigenvalue weighted by Gasteiger charge is 2.30. The maximum absolute atomic E-state index is 12.5. The van der Waals surface area contributed by atoms with Crippen molar-refractivity contribution in [3.8, 4) is 5.75 Å². The van der Waals surface area contributed by atoms with Crippen LogP contribution in [0, 0.1) is 0 Å². The number of imidazole rings is 1. The van der Waals surface area contributed by atoms with Gasteiger partial charge in [-0.15, -0.1) is 0 Å². The largest absolute Gasteiger partial charge is 0.416 e. The third-order valence-corrected chi connectivity index (χ3v) is 2.83. The van der Waals surface area contributed by atoms with Gasteiger partial charge in [0.2, 0.25) is 0 Å². The van der Waals surface area contributed by atoms with E-state index in [2.05, 4.69) is 15.0 Å². The molecule has 2 heterocycles. The molecule has 0 fully saturated rings. The van der Waals surface area contributed by atoms with Crippen LogP contribution in [0.15, 0.2) is 40.2 Å². The summed E-state index contributed by atoms with van der Waals surface area (Å²) in [6, 6.07) is 3.57. The van der Waals surface area contributed by atoms with Gasteiger partial charge < -0.3 is 9.82 Å². The maximum Gasteiger partial charge on any atom is 0.416 e. The molecule has 7 nitrogen and oxygen atoms in total. The number of fused-ring (bicyclic) bond motifs is 1. The second-order valence-electron chi connectivity index (χ2n) is 4.27. The first-order valence-electron chi connectivity index (χ1n) is 5.90. The Kier molecular flexibility index (Phi) is 3.01. The summed E-state index contributed by atoms with van der Waals surface area (Å²) >= 11 is 0. The molecule has 0 saturated heterocycles. The molecule has 0 bridgehead atoms. The SMILES string of the molecule is O=c1[nH]c2nc[nH]c2c(=O)n1Oc1ccc(C(F)(F)F)cc1. The first kappa shape index (κ1) is 13.9. The van der Waals surface area contributed by atoms with Crippen LogP contribution < -0.4 is 16.1 Å². The summed E-state index contributed by atoms with van der Waals surface area (Å²) in [6.07, 6.45) is -3.27. The van der Waals surface area contributed by atoms with Crippen LogP contribution in [-0.4, -0.2) is 19.7 Å². The van der Waals surface area contributed by atoms with Crippen molar-refractivity contribution in [3.05, 3.63) is 57.0 Å². The molecule has 3 aromatic rings. The molecular weight excluding hydrogens is 305 g/mol. The number of hydrogen-bond acceptors (Lipinski definition) is 4. The minimum Gasteiger partial charge on any atom is -0.367 e. The Morgan fingerprint density at radius 3 is 2.45 bits per heavy atom. The molecule has 10 heteroatoms. The van der Waals surface area contributed by atoms with Gasteiger partial charge in [-0.1, -0.05) is 4.73 Å². The van der Waals surface area contributed by atoms with E-state index in [1.807, 2.05) is 0 Å². The van der Waals surface area contributed by atoms with Crippen LogP contribution in [0.4, 0.5) is 13.2 Å². The van der Waals surface area contributed by atoms with Crippen molar-refractivity contribution in [2.24, 2.45) is 0 Å². The lowest BCUT2D eigenvalue weighted by molar-refractivity contribution is -0.137. The van der Waals surface area contributed by atoms with Gasteiger partial charge >= 0.3 is 17.4 Å². The highest BCUT2D eigenvalue weighted by molar-refractivity contribution is 5.67. The molecular formula is C12H7F3N4O3. The fourth-order valence-corrected chi connectivity index (χ4v) is 1.79. The second-order valence-corrected chi connectivity index (χ2v) is 4.27. The van der Waals surface area contributed by atoms with E-state index in [1.165, 1.54) is 6.33 Å². The molecule has 114 valence electrons. The zero-order chi connectivity index (χ0) is 15.9. The van der Waals surface area contributed by atoms with Gasteiger partial charge in [-0.3, -0.25) is 9.78 Å². The van der Waals surface area contributed by atoms with Crippen LogP contribution in [0.5, 0.6) is 5.75 Å². The van der Waals surface area contributed by atoms with Crippen LogP contribution in [0.25, 0.3) is 11.2 Å². The van der Waals surface area contributed by atoms with Crippen molar-refractivity contribution in [2.75, 3.05) is 0 Å². The molecule has 2 aromatic heterocycles. The molecule has 0 spiro atoms. The van der Waals surface area contributed by atoms with E-state index in [0.717, 1.165) is 24.3 Å². The standard InChI is InChI=1S/C12H7F3N4O3/c13-12(14,15)6-1-3-7(4-2-6)22-19-10(20)8-9(17-5-16-8)18-11(19)21/h1-5H,(H,16,17)(H,18,21). The number of nitrogens with one attached hydrogen (secondary N) is 2. The normalized spacial score (nSPS) is 11.8. The van der Waals surface area contributed by atoms with Crippen molar-refractivity contribution < 1.29 is 18.0 Å². The van der Waals surface area contributed by atoms with Crippen LogP contribution in [0.1, 0.15) is 5.56 Å². The first-order valence-corrected chi connectivity index (χ1v) is 5.90. The predicted molar refractivity (Wildman–Crippen MR) is 68.4 cm³/mol. The molecule has 0 saturated carbocycles. The Balaban J connectivity index is 2.00. The summed E-state index contributed by atoms with van der Waals surface area (Å²) in [5.74, 6) is -0.0977. The number of aromatic nitrogens is 4. The number of benzene rings is 1. The zero-order valence-corrected chi connectivity index (χ0v) is 10.6. The summed E-state index contributed by atoms with van der Waals surface area (Å²) in [5.41, 5.74) is -2.51. The van der Waals surface area contributed by atoms with Gasteiger partial charge in [-0.05, 0) is 24.3 Å².